The Morgan fingerprint density at radius 1 is 1.24 bits per heavy atom. The molecular weight excluding hydrogens is 316 g/mol. The summed E-state index contributed by atoms with van der Waals surface area (Å²) in [5.41, 5.74) is 1.05. The second-order valence-electron chi connectivity index (χ2n) is 7.58. The van der Waals surface area contributed by atoms with Crippen LogP contribution in [0.25, 0.3) is 0 Å². The molecule has 2 unspecified atom stereocenters. The molecular formula is C20H30N2O3. The fraction of sp³-hybridized carbons (Fsp3) is 0.650. The first kappa shape index (κ1) is 18.2. The van der Waals surface area contributed by atoms with Crippen molar-refractivity contribution in [3.05, 3.63) is 35.9 Å². The zero-order valence-electron chi connectivity index (χ0n) is 15.3. The number of amides is 2. The molecule has 2 atom stereocenters. The van der Waals surface area contributed by atoms with Gasteiger partial charge in [0.05, 0.1) is 12.1 Å². The summed E-state index contributed by atoms with van der Waals surface area (Å²) in [5, 5.41) is 6.19. The predicted molar refractivity (Wildman–Crippen MR) is 97.5 cm³/mol. The summed E-state index contributed by atoms with van der Waals surface area (Å²) < 4.78 is 11.8. The average Bonchev–Trinajstić information content (AvgIpc) is 2.59. The largest absolute Gasteiger partial charge is 0.381 e. The molecule has 3 rings (SSSR count). The Labute approximate surface area is 150 Å². The highest BCUT2D eigenvalue weighted by molar-refractivity contribution is 5.75. The second kappa shape index (κ2) is 8.19. The van der Waals surface area contributed by atoms with Crippen LogP contribution in [0.1, 0.15) is 57.6 Å². The minimum Gasteiger partial charge on any atom is -0.381 e. The van der Waals surface area contributed by atoms with Crippen LogP contribution in [-0.4, -0.2) is 36.9 Å². The Morgan fingerprint density at radius 3 is 2.52 bits per heavy atom. The number of hydrogen-bond acceptors (Lipinski definition) is 3. The van der Waals surface area contributed by atoms with Crippen molar-refractivity contribution < 1.29 is 14.3 Å². The predicted octanol–water partition coefficient (Wildman–Crippen LogP) is 3.55. The molecule has 138 valence electrons. The normalized spacial score (nSPS) is 22.5. The Balaban J connectivity index is 1.63. The van der Waals surface area contributed by atoms with Crippen LogP contribution >= 0.6 is 0 Å². The first-order chi connectivity index (χ1) is 12.1. The highest BCUT2D eigenvalue weighted by atomic mass is 16.5. The van der Waals surface area contributed by atoms with Crippen molar-refractivity contribution in [1.82, 2.24) is 10.6 Å². The van der Waals surface area contributed by atoms with E-state index in [1.165, 1.54) is 6.42 Å². The first-order valence-electron chi connectivity index (χ1n) is 9.43. The van der Waals surface area contributed by atoms with Crippen molar-refractivity contribution in [1.29, 1.82) is 0 Å². The van der Waals surface area contributed by atoms with Gasteiger partial charge in [0, 0.05) is 18.8 Å². The topological polar surface area (TPSA) is 59.6 Å². The van der Waals surface area contributed by atoms with Crippen molar-refractivity contribution in [3.63, 3.8) is 0 Å². The molecule has 1 saturated heterocycles. The summed E-state index contributed by atoms with van der Waals surface area (Å²) in [5.74, 6) is 0. The molecule has 2 N–H and O–H groups in total. The van der Waals surface area contributed by atoms with Gasteiger partial charge >= 0.3 is 6.03 Å². The summed E-state index contributed by atoms with van der Waals surface area (Å²) >= 11 is 0. The third kappa shape index (κ3) is 4.95. The number of hydrogen-bond donors (Lipinski definition) is 2. The second-order valence-corrected chi connectivity index (χ2v) is 7.58. The molecule has 25 heavy (non-hydrogen) atoms. The maximum atomic E-state index is 12.4. The molecule has 2 amide bonds. The zero-order chi connectivity index (χ0) is 17.7. The first-order valence-corrected chi connectivity index (χ1v) is 9.43. The molecule has 0 bridgehead atoms. The summed E-state index contributed by atoms with van der Waals surface area (Å²) in [4.78, 5) is 12.4. The van der Waals surface area contributed by atoms with Crippen LogP contribution in [0.3, 0.4) is 0 Å². The quantitative estimate of drug-likeness (QED) is 0.828. The van der Waals surface area contributed by atoms with Gasteiger partial charge in [-0.3, -0.25) is 0 Å². The number of carbonyl (C=O) groups is 1. The molecule has 0 aromatic heterocycles. The van der Waals surface area contributed by atoms with Gasteiger partial charge in [0.25, 0.3) is 0 Å². The molecule has 0 radical (unpaired) electrons. The van der Waals surface area contributed by atoms with Gasteiger partial charge in [-0.05, 0) is 51.5 Å². The lowest BCUT2D eigenvalue weighted by molar-refractivity contribution is -0.0783. The van der Waals surface area contributed by atoms with Gasteiger partial charge in [-0.1, -0.05) is 30.3 Å². The molecule has 1 aliphatic heterocycles. The smallest absolute Gasteiger partial charge is 0.315 e. The van der Waals surface area contributed by atoms with E-state index in [4.69, 9.17) is 9.47 Å². The minimum absolute atomic E-state index is 0.0480. The number of urea groups is 1. The van der Waals surface area contributed by atoms with E-state index in [0.717, 1.165) is 44.5 Å². The molecule has 5 nitrogen and oxygen atoms in total. The highest BCUT2D eigenvalue weighted by Gasteiger charge is 2.34. The van der Waals surface area contributed by atoms with Gasteiger partial charge in [-0.2, -0.15) is 0 Å². The fourth-order valence-corrected chi connectivity index (χ4v) is 3.57. The molecule has 1 heterocycles. The van der Waals surface area contributed by atoms with Crippen LogP contribution in [0.2, 0.25) is 0 Å². The van der Waals surface area contributed by atoms with Gasteiger partial charge in [0.2, 0.25) is 0 Å². The van der Waals surface area contributed by atoms with Crippen LogP contribution in [0.4, 0.5) is 4.79 Å². The highest BCUT2D eigenvalue weighted by Crippen LogP contribution is 2.31. The molecule has 1 aromatic rings. The van der Waals surface area contributed by atoms with E-state index in [2.05, 4.69) is 29.7 Å². The van der Waals surface area contributed by atoms with Gasteiger partial charge in [-0.25, -0.2) is 4.79 Å². The van der Waals surface area contributed by atoms with Gasteiger partial charge < -0.3 is 20.1 Å². The number of ether oxygens (including phenoxy) is 2. The summed E-state index contributed by atoms with van der Waals surface area (Å²) in [6.45, 7) is 5.60. The Hall–Kier alpha value is -1.59. The zero-order valence-corrected chi connectivity index (χ0v) is 15.3. The third-order valence-corrected chi connectivity index (χ3v) is 5.32. The van der Waals surface area contributed by atoms with Crippen LogP contribution < -0.4 is 10.6 Å². The molecule has 1 aromatic carbocycles. The molecule has 0 spiro atoms. The summed E-state index contributed by atoms with van der Waals surface area (Å²) in [7, 11) is 0. The minimum atomic E-state index is -0.163. The fourth-order valence-electron chi connectivity index (χ4n) is 3.57. The monoisotopic (exact) mass is 346 g/mol. The van der Waals surface area contributed by atoms with E-state index in [0.29, 0.717) is 0 Å². The Morgan fingerprint density at radius 2 is 1.92 bits per heavy atom. The standard InChI is InChI=1S/C20H30N2O3/c1-15(21-19(23)22-20(2)11-6-12-20)18(16-7-4-3-5-8-16)25-17-9-13-24-14-10-17/h3-5,7-8,15,17-18H,6,9-14H2,1-2H3,(H2,21,22,23). The van der Waals surface area contributed by atoms with Crippen LogP contribution in [0.15, 0.2) is 30.3 Å². The van der Waals surface area contributed by atoms with E-state index < -0.39 is 0 Å². The maximum absolute atomic E-state index is 12.4. The lowest BCUT2D eigenvalue weighted by atomic mass is 9.79. The van der Waals surface area contributed by atoms with Gasteiger partial charge in [-0.15, -0.1) is 0 Å². The van der Waals surface area contributed by atoms with Gasteiger partial charge in [0.1, 0.15) is 6.10 Å². The molecule has 5 heteroatoms. The third-order valence-electron chi connectivity index (χ3n) is 5.32. The lowest BCUT2D eigenvalue weighted by Crippen LogP contribution is -2.56. The van der Waals surface area contributed by atoms with Gasteiger partial charge in [0.15, 0.2) is 0 Å². The van der Waals surface area contributed by atoms with Crippen molar-refractivity contribution in [2.24, 2.45) is 0 Å². The van der Waals surface area contributed by atoms with E-state index >= 15 is 0 Å². The Bertz CT molecular complexity index is 553. The van der Waals surface area contributed by atoms with Crippen molar-refractivity contribution in [3.8, 4) is 0 Å². The molecule has 1 aliphatic carbocycles. The van der Waals surface area contributed by atoms with Crippen LogP contribution in [0, 0.1) is 0 Å². The summed E-state index contributed by atoms with van der Waals surface area (Å²) in [6.07, 6.45) is 5.11. The maximum Gasteiger partial charge on any atom is 0.315 e. The van der Waals surface area contributed by atoms with Crippen molar-refractivity contribution >= 4 is 6.03 Å². The molecule has 1 saturated carbocycles. The number of nitrogens with one attached hydrogen (secondary N) is 2. The number of rotatable bonds is 6. The number of carbonyl (C=O) groups excluding carboxylic acids is 1. The average molecular weight is 346 g/mol. The number of benzene rings is 1. The molecule has 2 fully saturated rings. The van der Waals surface area contributed by atoms with Crippen LogP contribution in [0.5, 0.6) is 0 Å². The lowest BCUT2D eigenvalue weighted by Gasteiger charge is -2.39. The van der Waals surface area contributed by atoms with Crippen molar-refractivity contribution in [2.75, 3.05) is 13.2 Å². The van der Waals surface area contributed by atoms with Crippen molar-refractivity contribution in [2.45, 2.75) is 69.7 Å². The Kier molecular flexibility index (Phi) is 5.97. The van der Waals surface area contributed by atoms with E-state index in [1.54, 1.807) is 0 Å². The van der Waals surface area contributed by atoms with Crippen LogP contribution in [-0.2, 0) is 9.47 Å². The SMILES string of the molecule is CC(NC(=O)NC1(C)CCC1)C(OC1CCOCC1)c1ccccc1. The van der Waals surface area contributed by atoms with E-state index in [1.807, 2.05) is 25.1 Å². The summed E-state index contributed by atoms with van der Waals surface area (Å²) in [6, 6.07) is 9.92. The van der Waals surface area contributed by atoms with E-state index in [-0.39, 0.29) is 29.8 Å². The van der Waals surface area contributed by atoms with E-state index in [9.17, 15) is 4.79 Å². The molecule has 2 aliphatic rings.